The Morgan fingerprint density at radius 1 is 1.23 bits per heavy atom. The Bertz CT molecular complexity index is 534. The van der Waals surface area contributed by atoms with Gasteiger partial charge in [-0.3, -0.25) is 14.5 Å². The van der Waals surface area contributed by atoms with E-state index in [2.05, 4.69) is 17.1 Å². The number of nitrogens with zero attached hydrogens (tertiary/aromatic N) is 1. The van der Waals surface area contributed by atoms with Crippen LogP contribution < -0.4 is 5.32 Å². The van der Waals surface area contributed by atoms with E-state index >= 15 is 0 Å². The van der Waals surface area contributed by atoms with E-state index in [0.29, 0.717) is 23.8 Å². The van der Waals surface area contributed by atoms with Crippen LogP contribution in [0.1, 0.15) is 49.9 Å². The summed E-state index contributed by atoms with van der Waals surface area (Å²) in [4.78, 5) is 25.7. The van der Waals surface area contributed by atoms with Crippen LogP contribution in [0.5, 0.6) is 0 Å². The minimum Gasteiger partial charge on any atom is -0.325 e. The number of hydrogen-bond acceptors (Lipinski definition) is 3. The van der Waals surface area contributed by atoms with Crippen molar-refractivity contribution in [2.45, 2.75) is 45.6 Å². The molecule has 1 amide bonds. The molecule has 0 spiro atoms. The number of ketones is 1. The molecular formula is C18H26N2O2. The van der Waals surface area contributed by atoms with E-state index in [0.717, 1.165) is 5.92 Å². The van der Waals surface area contributed by atoms with Crippen molar-refractivity contribution < 1.29 is 9.59 Å². The van der Waals surface area contributed by atoms with E-state index in [1.165, 1.54) is 32.6 Å². The van der Waals surface area contributed by atoms with Gasteiger partial charge in [0.15, 0.2) is 5.78 Å². The molecule has 4 heteroatoms. The normalized spacial score (nSPS) is 21.6. The van der Waals surface area contributed by atoms with Crippen LogP contribution in [-0.2, 0) is 4.79 Å². The number of anilines is 1. The van der Waals surface area contributed by atoms with Crippen LogP contribution >= 0.6 is 0 Å². The second kappa shape index (κ2) is 7.54. The molecule has 1 aliphatic rings. The smallest absolute Gasteiger partial charge is 0.238 e. The van der Waals surface area contributed by atoms with Crippen molar-refractivity contribution in [2.24, 2.45) is 5.92 Å². The first-order chi connectivity index (χ1) is 10.5. The van der Waals surface area contributed by atoms with Gasteiger partial charge in [-0.25, -0.2) is 0 Å². The highest BCUT2D eigenvalue weighted by molar-refractivity contribution is 5.97. The molecule has 22 heavy (non-hydrogen) atoms. The van der Waals surface area contributed by atoms with Gasteiger partial charge in [-0.05, 0) is 57.7 Å². The van der Waals surface area contributed by atoms with Crippen molar-refractivity contribution in [1.29, 1.82) is 0 Å². The molecule has 1 saturated carbocycles. The molecule has 0 aromatic heterocycles. The molecular weight excluding hydrogens is 276 g/mol. The second-order valence-electron chi connectivity index (χ2n) is 6.51. The Balaban J connectivity index is 1.87. The van der Waals surface area contributed by atoms with Crippen molar-refractivity contribution in [3.05, 3.63) is 29.8 Å². The first-order valence-electron chi connectivity index (χ1n) is 8.07. The number of carbonyl (C=O) groups excluding carboxylic acids is 2. The van der Waals surface area contributed by atoms with Crippen LogP contribution in [0.25, 0.3) is 0 Å². The molecule has 1 N–H and O–H groups in total. The number of hydrogen-bond donors (Lipinski definition) is 1. The maximum atomic E-state index is 12.2. The van der Waals surface area contributed by atoms with Crippen LogP contribution in [0.3, 0.4) is 0 Å². The summed E-state index contributed by atoms with van der Waals surface area (Å²) >= 11 is 0. The fourth-order valence-electron chi connectivity index (χ4n) is 3.06. The fraction of sp³-hybridized carbons (Fsp3) is 0.556. The summed E-state index contributed by atoms with van der Waals surface area (Å²) in [5, 5.41) is 2.88. The number of amides is 1. The van der Waals surface area contributed by atoms with Crippen molar-refractivity contribution in [1.82, 2.24) is 4.90 Å². The second-order valence-corrected chi connectivity index (χ2v) is 6.51. The molecule has 0 heterocycles. The summed E-state index contributed by atoms with van der Waals surface area (Å²) in [6.07, 6.45) is 4.84. The molecule has 0 bridgehead atoms. The average Bonchev–Trinajstić information content (AvgIpc) is 2.47. The zero-order valence-electron chi connectivity index (χ0n) is 13.8. The van der Waals surface area contributed by atoms with E-state index in [1.54, 1.807) is 18.2 Å². The highest BCUT2D eigenvalue weighted by Crippen LogP contribution is 2.26. The van der Waals surface area contributed by atoms with E-state index in [1.807, 2.05) is 13.1 Å². The standard InChI is InChI=1S/C18H26N2O2/c1-13-7-9-17(10-8-13)20(3)12-18(22)19-16-6-4-5-15(11-16)14(2)21/h4-6,11,13,17H,7-10,12H2,1-3H3,(H,19,22). The molecule has 1 aliphatic carbocycles. The zero-order valence-corrected chi connectivity index (χ0v) is 13.8. The number of rotatable bonds is 5. The Morgan fingerprint density at radius 3 is 2.55 bits per heavy atom. The van der Waals surface area contributed by atoms with Gasteiger partial charge in [0.2, 0.25) is 5.91 Å². The molecule has 0 atom stereocenters. The summed E-state index contributed by atoms with van der Waals surface area (Å²) in [7, 11) is 2.02. The third-order valence-corrected chi connectivity index (χ3v) is 4.55. The predicted octanol–water partition coefficient (Wildman–Crippen LogP) is 3.34. The van der Waals surface area contributed by atoms with Crippen LogP contribution in [0.15, 0.2) is 24.3 Å². The van der Waals surface area contributed by atoms with Gasteiger partial charge in [0.25, 0.3) is 0 Å². The molecule has 2 rings (SSSR count). The molecule has 0 unspecified atom stereocenters. The zero-order chi connectivity index (χ0) is 16.1. The summed E-state index contributed by atoms with van der Waals surface area (Å²) in [5.74, 6) is 0.791. The Kier molecular flexibility index (Phi) is 5.72. The third kappa shape index (κ3) is 4.67. The highest BCUT2D eigenvalue weighted by Gasteiger charge is 2.22. The summed E-state index contributed by atoms with van der Waals surface area (Å²) in [6.45, 7) is 4.22. The van der Waals surface area contributed by atoms with Gasteiger partial charge in [0.05, 0.1) is 6.54 Å². The minimum atomic E-state index is -0.0261. The van der Waals surface area contributed by atoms with Crippen LogP contribution in [0.4, 0.5) is 5.69 Å². The highest BCUT2D eigenvalue weighted by atomic mass is 16.2. The third-order valence-electron chi connectivity index (χ3n) is 4.55. The van der Waals surface area contributed by atoms with Gasteiger partial charge in [0.1, 0.15) is 0 Å². The fourth-order valence-corrected chi connectivity index (χ4v) is 3.06. The molecule has 1 fully saturated rings. The van der Waals surface area contributed by atoms with Crippen LogP contribution in [0, 0.1) is 5.92 Å². The van der Waals surface area contributed by atoms with E-state index < -0.39 is 0 Å². The maximum absolute atomic E-state index is 12.2. The number of Topliss-reactive ketones (excluding diaryl/α,β-unsaturated/α-hetero) is 1. The van der Waals surface area contributed by atoms with E-state index in [9.17, 15) is 9.59 Å². The van der Waals surface area contributed by atoms with Gasteiger partial charge in [-0.1, -0.05) is 19.1 Å². The lowest BCUT2D eigenvalue weighted by atomic mass is 9.87. The lowest BCUT2D eigenvalue weighted by Crippen LogP contribution is -2.39. The van der Waals surface area contributed by atoms with Crippen LogP contribution in [0.2, 0.25) is 0 Å². The van der Waals surface area contributed by atoms with E-state index in [-0.39, 0.29) is 11.7 Å². The van der Waals surface area contributed by atoms with Gasteiger partial charge < -0.3 is 5.32 Å². The van der Waals surface area contributed by atoms with Gasteiger partial charge in [0, 0.05) is 17.3 Å². The van der Waals surface area contributed by atoms with Gasteiger partial charge >= 0.3 is 0 Å². The molecule has 120 valence electrons. The van der Waals surface area contributed by atoms with E-state index in [4.69, 9.17) is 0 Å². The number of nitrogens with one attached hydrogen (secondary N) is 1. The number of likely N-dealkylation sites (N-methyl/N-ethyl adjacent to an activating group) is 1. The molecule has 0 radical (unpaired) electrons. The molecule has 4 nitrogen and oxygen atoms in total. The monoisotopic (exact) mass is 302 g/mol. The summed E-state index contributed by atoms with van der Waals surface area (Å²) in [5.41, 5.74) is 1.30. The Labute approximate surface area is 132 Å². The Hall–Kier alpha value is -1.68. The average molecular weight is 302 g/mol. The number of carbonyl (C=O) groups is 2. The Morgan fingerprint density at radius 2 is 1.91 bits per heavy atom. The van der Waals surface area contributed by atoms with Gasteiger partial charge in [-0.15, -0.1) is 0 Å². The first-order valence-corrected chi connectivity index (χ1v) is 8.07. The SMILES string of the molecule is CC(=O)c1cccc(NC(=O)CN(C)C2CCC(C)CC2)c1. The van der Waals surface area contributed by atoms with Crippen molar-refractivity contribution >= 4 is 17.4 Å². The molecule has 0 saturated heterocycles. The van der Waals surface area contributed by atoms with Crippen molar-refractivity contribution in [2.75, 3.05) is 18.9 Å². The molecule has 1 aromatic carbocycles. The topological polar surface area (TPSA) is 49.4 Å². The first kappa shape index (κ1) is 16.7. The minimum absolute atomic E-state index is 0.00421. The lowest BCUT2D eigenvalue weighted by Gasteiger charge is -2.33. The predicted molar refractivity (Wildman–Crippen MR) is 89.1 cm³/mol. The maximum Gasteiger partial charge on any atom is 0.238 e. The largest absolute Gasteiger partial charge is 0.325 e. The van der Waals surface area contributed by atoms with Crippen molar-refractivity contribution in [3.63, 3.8) is 0 Å². The molecule has 1 aromatic rings. The molecule has 0 aliphatic heterocycles. The number of benzene rings is 1. The summed E-state index contributed by atoms with van der Waals surface area (Å²) < 4.78 is 0. The lowest BCUT2D eigenvalue weighted by molar-refractivity contribution is -0.117. The van der Waals surface area contributed by atoms with Gasteiger partial charge in [-0.2, -0.15) is 0 Å². The van der Waals surface area contributed by atoms with Crippen LogP contribution in [-0.4, -0.2) is 36.2 Å². The quantitative estimate of drug-likeness (QED) is 0.849. The summed E-state index contributed by atoms with van der Waals surface area (Å²) in [6, 6.07) is 7.59. The van der Waals surface area contributed by atoms with Crippen molar-refractivity contribution in [3.8, 4) is 0 Å².